The van der Waals surface area contributed by atoms with Gasteiger partial charge in [-0.1, -0.05) is 24.3 Å². The van der Waals surface area contributed by atoms with Gasteiger partial charge in [0, 0.05) is 40.3 Å². The summed E-state index contributed by atoms with van der Waals surface area (Å²) in [6, 6.07) is 21.9. The molecule has 5 nitrogen and oxygen atoms in total. The fourth-order valence-electron chi connectivity index (χ4n) is 3.83. The molecule has 6 heteroatoms. The van der Waals surface area contributed by atoms with Gasteiger partial charge in [0.15, 0.2) is 0 Å². The highest BCUT2D eigenvalue weighted by Gasteiger charge is 2.13. The van der Waals surface area contributed by atoms with Crippen molar-refractivity contribution >= 4 is 34.3 Å². The van der Waals surface area contributed by atoms with Crippen LogP contribution in [0.1, 0.15) is 11.1 Å². The average molecular weight is 447 g/mol. The molecule has 0 spiro atoms. The van der Waals surface area contributed by atoms with Gasteiger partial charge in [0.2, 0.25) is 5.91 Å². The lowest BCUT2D eigenvalue weighted by molar-refractivity contribution is -0.115. The van der Waals surface area contributed by atoms with Crippen LogP contribution in [0.2, 0.25) is 0 Å². The molecule has 0 atom stereocenters. The number of fused-ring (bicyclic) bond motifs is 1. The maximum absolute atomic E-state index is 12.8. The van der Waals surface area contributed by atoms with E-state index in [9.17, 15) is 4.79 Å². The van der Waals surface area contributed by atoms with Crippen LogP contribution in [0, 0.1) is 0 Å². The Balaban J connectivity index is 1.59. The molecule has 4 rings (SSSR count). The predicted octanol–water partition coefficient (Wildman–Crippen LogP) is 5.61. The maximum atomic E-state index is 12.8. The number of benzene rings is 3. The number of carbonyl (C=O) groups is 1. The van der Waals surface area contributed by atoms with Gasteiger partial charge < -0.3 is 19.4 Å². The van der Waals surface area contributed by atoms with Crippen LogP contribution >= 0.6 is 11.8 Å². The van der Waals surface area contributed by atoms with E-state index >= 15 is 0 Å². The summed E-state index contributed by atoms with van der Waals surface area (Å²) in [5.74, 6) is 1.47. The second-order valence-electron chi connectivity index (χ2n) is 7.48. The molecule has 0 aliphatic rings. The van der Waals surface area contributed by atoms with Crippen molar-refractivity contribution in [2.75, 3.05) is 25.8 Å². The number of hydrogen-bond donors (Lipinski definition) is 1. The standard InChI is InChI=1S/C26H26N2O3S/c1-30-21-11-18(12-22(15-21)31-2)16-28-17-19(24-9-4-5-10-25(24)28)13-26(29)27-20-7-6-8-23(14-20)32-3/h4-12,14-15,17H,13,16H2,1-3H3,(H,27,29). The van der Waals surface area contributed by atoms with Gasteiger partial charge in [0.05, 0.1) is 20.6 Å². The lowest BCUT2D eigenvalue weighted by Crippen LogP contribution is -2.14. The number of ether oxygens (including phenoxy) is 2. The molecule has 1 heterocycles. The second kappa shape index (κ2) is 9.83. The van der Waals surface area contributed by atoms with E-state index in [0.29, 0.717) is 13.0 Å². The summed E-state index contributed by atoms with van der Waals surface area (Å²) >= 11 is 1.65. The number of methoxy groups -OCH3 is 2. The zero-order chi connectivity index (χ0) is 22.5. The Bertz CT molecular complexity index is 1230. The largest absolute Gasteiger partial charge is 0.497 e. The van der Waals surface area contributed by atoms with Crippen LogP contribution in [0.5, 0.6) is 11.5 Å². The van der Waals surface area contributed by atoms with Gasteiger partial charge in [-0.05, 0) is 53.8 Å². The van der Waals surface area contributed by atoms with Gasteiger partial charge in [0.1, 0.15) is 11.5 Å². The number of rotatable bonds is 8. The highest BCUT2D eigenvalue weighted by Crippen LogP contribution is 2.27. The van der Waals surface area contributed by atoms with Crippen LogP contribution in [0.3, 0.4) is 0 Å². The molecule has 0 unspecified atom stereocenters. The fourth-order valence-corrected chi connectivity index (χ4v) is 4.29. The molecule has 4 aromatic rings. The summed E-state index contributed by atoms with van der Waals surface area (Å²) in [5.41, 5.74) is 3.95. The molecule has 0 radical (unpaired) electrons. The number of anilines is 1. The molecular formula is C26H26N2O3S. The van der Waals surface area contributed by atoms with E-state index in [0.717, 1.165) is 44.1 Å². The quantitative estimate of drug-likeness (QED) is 0.358. The monoisotopic (exact) mass is 446 g/mol. The van der Waals surface area contributed by atoms with Crippen molar-refractivity contribution in [1.82, 2.24) is 4.57 Å². The van der Waals surface area contributed by atoms with Gasteiger partial charge in [-0.15, -0.1) is 11.8 Å². The second-order valence-corrected chi connectivity index (χ2v) is 8.36. The Morgan fingerprint density at radius 1 is 0.969 bits per heavy atom. The molecule has 0 aliphatic heterocycles. The SMILES string of the molecule is COc1cc(Cn2cc(CC(=O)Nc3cccc(SC)c3)c3ccccc32)cc(OC)c1. The zero-order valence-corrected chi connectivity index (χ0v) is 19.2. The Kier molecular flexibility index (Phi) is 6.71. The first kappa shape index (κ1) is 21.8. The highest BCUT2D eigenvalue weighted by molar-refractivity contribution is 7.98. The first-order chi connectivity index (χ1) is 15.6. The van der Waals surface area contributed by atoms with Crippen LogP contribution in [0.4, 0.5) is 5.69 Å². The minimum atomic E-state index is -0.0331. The number of carbonyl (C=O) groups excluding carboxylic acids is 1. The van der Waals surface area contributed by atoms with Crippen LogP contribution in [-0.4, -0.2) is 30.9 Å². The van der Waals surface area contributed by atoms with Crippen molar-refractivity contribution in [3.63, 3.8) is 0 Å². The normalized spacial score (nSPS) is 10.8. The van der Waals surface area contributed by atoms with Gasteiger partial charge in [0.25, 0.3) is 0 Å². The minimum Gasteiger partial charge on any atom is -0.497 e. The summed E-state index contributed by atoms with van der Waals surface area (Å²) in [6.45, 7) is 0.644. The first-order valence-electron chi connectivity index (χ1n) is 10.3. The Labute approximate surface area is 192 Å². The smallest absolute Gasteiger partial charge is 0.228 e. The molecule has 0 fully saturated rings. The van der Waals surface area contributed by atoms with E-state index in [2.05, 4.69) is 28.2 Å². The van der Waals surface area contributed by atoms with Gasteiger partial charge in [-0.3, -0.25) is 4.79 Å². The van der Waals surface area contributed by atoms with Crippen LogP contribution in [0.25, 0.3) is 10.9 Å². The van der Waals surface area contributed by atoms with E-state index in [4.69, 9.17) is 9.47 Å². The Hall–Kier alpha value is -3.38. The number of thioether (sulfide) groups is 1. The molecule has 164 valence electrons. The maximum Gasteiger partial charge on any atom is 0.228 e. The summed E-state index contributed by atoms with van der Waals surface area (Å²) in [4.78, 5) is 13.9. The molecule has 0 saturated carbocycles. The summed E-state index contributed by atoms with van der Waals surface area (Å²) in [7, 11) is 3.30. The topological polar surface area (TPSA) is 52.5 Å². The zero-order valence-electron chi connectivity index (χ0n) is 18.4. The van der Waals surface area contributed by atoms with Crippen molar-refractivity contribution in [3.8, 4) is 11.5 Å². The molecule has 1 N–H and O–H groups in total. The molecule has 1 aromatic heterocycles. The fraction of sp³-hybridized carbons (Fsp3) is 0.192. The van der Waals surface area contributed by atoms with Crippen molar-refractivity contribution in [3.05, 3.63) is 84.1 Å². The number of para-hydroxylation sites is 1. The molecular weight excluding hydrogens is 420 g/mol. The Morgan fingerprint density at radius 2 is 1.72 bits per heavy atom. The van der Waals surface area contributed by atoms with Crippen molar-refractivity contribution < 1.29 is 14.3 Å². The van der Waals surface area contributed by atoms with Crippen molar-refractivity contribution in [2.45, 2.75) is 17.9 Å². The Morgan fingerprint density at radius 3 is 2.44 bits per heavy atom. The summed E-state index contributed by atoms with van der Waals surface area (Å²) < 4.78 is 13.0. The van der Waals surface area contributed by atoms with Gasteiger partial charge >= 0.3 is 0 Å². The highest BCUT2D eigenvalue weighted by atomic mass is 32.2. The number of amides is 1. The number of nitrogens with one attached hydrogen (secondary N) is 1. The molecule has 0 aliphatic carbocycles. The van der Waals surface area contributed by atoms with E-state index in [1.54, 1.807) is 26.0 Å². The van der Waals surface area contributed by atoms with E-state index in [-0.39, 0.29) is 5.91 Å². The van der Waals surface area contributed by atoms with Crippen LogP contribution < -0.4 is 14.8 Å². The molecule has 3 aromatic carbocycles. The lowest BCUT2D eigenvalue weighted by Gasteiger charge is -2.10. The third-order valence-corrected chi connectivity index (χ3v) is 6.07. The minimum absolute atomic E-state index is 0.0331. The van der Waals surface area contributed by atoms with E-state index in [1.807, 2.05) is 60.9 Å². The van der Waals surface area contributed by atoms with Gasteiger partial charge in [-0.25, -0.2) is 0 Å². The van der Waals surface area contributed by atoms with E-state index < -0.39 is 0 Å². The van der Waals surface area contributed by atoms with Crippen LogP contribution in [-0.2, 0) is 17.8 Å². The third kappa shape index (κ3) is 4.92. The average Bonchev–Trinajstić information content (AvgIpc) is 3.15. The molecule has 0 saturated heterocycles. The number of nitrogens with zero attached hydrogens (tertiary/aromatic N) is 1. The third-order valence-electron chi connectivity index (χ3n) is 5.34. The number of hydrogen-bond acceptors (Lipinski definition) is 4. The summed E-state index contributed by atoms with van der Waals surface area (Å²) in [6.07, 6.45) is 4.39. The number of aromatic nitrogens is 1. The predicted molar refractivity (Wildman–Crippen MR) is 131 cm³/mol. The molecule has 32 heavy (non-hydrogen) atoms. The molecule has 0 bridgehead atoms. The van der Waals surface area contributed by atoms with E-state index in [1.165, 1.54) is 0 Å². The lowest BCUT2D eigenvalue weighted by atomic mass is 10.1. The summed E-state index contributed by atoms with van der Waals surface area (Å²) in [5, 5.41) is 4.10. The van der Waals surface area contributed by atoms with Crippen LogP contribution in [0.15, 0.2) is 77.8 Å². The first-order valence-corrected chi connectivity index (χ1v) is 11.5. The van der Waals surface area contributed by atoms with Crippen molar-refractivity contribution in [2.24, 2.45) is 0 Å². The van der Waals surface area contributed by atoms with Gasteiger partial charge in [-0.2, -0.15) is 0 Å². The molecule has 1 amide bonds. The van der Waals surface area contributed by atoms with Crippen molar-refractivity contribution in [1.29, 1.82) is 0 Å².